The first-order valence-electron chi connectivity index (χ1n) is 7.93. The van der Waals surface area contributed by atoms with Gasteiger partial charge in [0.25, 0.3) is 0 Å². The van der Waals surface area contributed by atoms with Gasteiger partial charge in [-0.2, -0.15) is 0 Å². The second kappa shape index (κ2) is 7.06. The number of hydrogen-bond acceptors (Lipinski definition) is 1. The van der Waals surface area contributed by atoms with E-state index < -0.39 is 0 Å². The molecule has 0 amide bonds. The Bertz CT molecular complexity index is 773. The van der Waals surface area contributed by atoms with Gasteiger partial charge in [0.2, 0.25) is 0 Å². The standard InChI is InChI=1S/C22H20O/c1-17-11-13-19(14-12-17)21-9-5-6-10-22(21)20(16-23)15-18-7-3-2-4-8-18/h2-14,16,20H,15H2,1H3. The van der Waals surface area contributed by atoms with Gasteiger partial charge in [0.1, 0.15) is 6.29 Å². The van der Waals surface area contributed by atoms with Crippen molar-refractivity contribution in [1.82, 2.24) is 0 Å². The number of carbonyl (C=O) groups excluding carboxylic acids is 1. The van der Waals surface area contributed by atoms with E-state index in [0.29, 0.717) is 0 Å². The van der Waals surface area contributed by atoms with Crippen LogP contribution in [-0.2, 0) is 11.2 Å². The molecule has 0 saturated heterocycles. The second-order valence-electron chi connectivity index (χ2n) is 5.89. The van der Waals surface area contributed by atoms with E-state index in [1.165, 1.54) is 11.1 Å². The van der Waals surface area contributed by atoms with Crippen molar-refractivity contribution < 1.29 is 4.79 Å². The third-order valence-electron chi connectivity index (χ3n) is 4.19. The zero-order chi connectivity index (χ0) is 16.1. The molecule has 0 aliphatic rings. The molecular formula is C22H20O. The lowest BCUT2D eigenvalue weighted by molar-refractivity contribution is -0.109. The number of aryl methyl sites for hydroxylation is 1. The molecule has 1 nitrogen and oxygen atoms in total. The summed E-state index contributed by atoms with van der Waals surface area (Å²) in [5.41, 5.74) is 5.81. The largest absolute Gasteiger partial charge is 0.303 e. The number of hydrogen-bond donors (Lipinski definition) is 0. The van der Waals surface area contributed by atoms with E-state index in [1.807, 2.05) is 30.3 Å². The van der Waals surface area contributed by atoms with Gasteiger partial charge in [-0.3, -0.25) is 0 Å². The number of aldehydes is 1. The van der Waals surface area contributed by atoms with Crippen LogP contribution < -0.4 is 0 Å². The fourth-order valence-electron chi connectivity index (χ4n) is 2.92. The van der Waals surface area contributed by atoms with Gasteiger partial charge in [-0.25, -0.2) is 0 Å². The molecule has 0 N–H and O–H groups in total. The molecule has 114 valence electrons. The molecule has 0 heterocycles. The van der Waals surface area contributed by atoms with Crippen LogP contribution in [0.25, 0.3) is 11.1 Å². The molecule has 0 bridgehead atoms. The SMILES string of the molecule is Cc1ccc(-c2ccccc2C(C=O)Cc2ccccc2)cc1. The zero-order valence-electron chi connectivity index (χ0n) is 13.3. The first-order chi connectivity index (χ1) is 11.3. The van der Waals surface area contributed by atoms with Crippen molar-refractivity contribution in [2.45, 2.75) is 19.3 Å². The van der Waals surface area contributed by atoms with Crippen LogP contribution in [0.3, 0.4) is 0 Å². The Kier molecular flexibility index (Phi) is 4.68. The highest BCUT2D eigenvalue weighted by molar-refractivity contribution is 5.74. The quantitative estimate of drug-likeness (QED) is 0.593. The van der Waals surface area contributed by atoms with Crippen molar-refractivity contribution >= 4 is 6.29 Å². The molecule has 1 heteroatoms. The maximum atomic E-state index is 11.7. The summed E-state index contributed by atoms with van der Waals surface area (Å²) in [4.78, 5) is 11.7. The van der Waals surface area contributed by atoms with Crippen molar-refractivity contribution in [1.29, 1.82) is 0 Å². The summed E-state index contributed by atoms with van der Waals surface area (Å²) in [5.74, 6) is -0.130. The van der Waals surface area contributed by atoms with Gasteiger partial charge in [-0.1, -0.05) is 84.4 Å². The van der Waals surface area contributed by atoms with Crippen molar-refractivity contribution in [3.63, 3.8) is 0 Å². The van der Waals surface area contributed by atoms with Gasteiger partial charge in [-0.05, 0) is 35.6 Å². The minimum Gasteiger partial charge on any atom is -0.303 e. The lowest BCUT2D eigenvalue weighted by Crippen LogP contribution is -2.06. The highest BCUT2D eigenvalue weighted by atomic mass is 16.1. The predicted octanol–water partition coefficient (Wildman–Crippen LogP) is 5.19. The molecule has 23 heavy (non-hydrogen) atoms. The topological polar surface area (TPSA) is 17.1 Å². The van der Waals surface area contributed by atoms with Gasteiger partial charge < -0.3 is 4.79 Å². The first-order valence-corrected chi connectivity index (χ1v) is 7.93. The fraction of sp³-hybridized carbons (Fsp3) is 0.136. The van der Waals surface area contributed by atoms with E-state index in [1.54, 1.807) is 0 Å². The van der Waals surface area contributed by atoms with Crippen molar-refractivity contribution in [2.24, 2.45) is 0 Å². The average molecular weight is 300 g/mol. The monoisotopic (exact) mass is 300 g/mol. The van der Waals surface area contributed by atoms with E-state index in [9.17, 15) is 4.79 Å². The molecule has 3 aromatic carbocycles. The molecule has 0 aliphatic heterocycles. The Balaban J connectivity index is 1.98. The van der Waals surface area contributed by atoms with Crippen molar-refractivity contribution in [3.8, 4) is 11.1 Å². The lowest BCUT2D eigenvalue weighted by Gasteiger charge is -2.16. The van der Waals surface area contributed by atoms with Crippen LogP contribution in [0.1, 0.15) is 22.6 Å². The molecule has 0 saturated carbocycles. The predicted molar refractivity (Wildman–Crippen MR) is 95.6 cm³/mol. The number of benzene rings is 3. The summed E-state index contributed by atoms with van der Waals surface area (Å²) in [6.45, 7) is 2.08. The molecule has 0 aromatic heterocycles. The van der Waals surface area contributed by atoms with Crippen LogP contribution in [0.2, 0.25) is 0 Å². The smallest absolute Gasteiger partial charge is 0.127 e. The molecule has 1 atom stereocenters. The van der Waals surface area contributed by atoms with Crippen molar-refractivity contribution in [3.05, 3.63) is 95.6 Å². The Hall–Kier alpha value is -2.67. The van der Waals surface area contributed by atoms with Gasteiger partial charge in [0, 0.05) is 5.92 Å². The maximum absolute atomic E-state index is 11.7. The average Bonchev–Trinajstić information content (AvgIpc) is 2.61. The summed E-state index contributed by atoms with van der Waals surface area (Å²) in [5, 5.41) is 0. The normalized spacial score (nSPS) is 11.9. The first kappa shape index (κ1) is 15.2. The van der Waals surface area contributed by atoms with Gasteiger partial charge in [0.15, 0.2) is 0 Å². The Morgan fingerprint density at radius 3 is 2.17 bits per heavy atom. The third-order valence-corrected chi connectivity index (χ3v) is 4.19. The van der Waals surface area contributed by atoms with E-state index in [-0.39, 0.29) is 5.92 Å². The van der Waals surface area contributed by atoms with Crippen LogP contribution in [-0.4, -0.2) is 6.29 Å². The van der Waals surface area contributed by atoms with Crippen molar-refractivity contribution in [2.75, 3.05) is 0 Å². The van der Waals surface area contributed by atoms with E-state index >= 15 is 0 Å². The molecule has 3 aromatic rings. The van der Waals surface area contributed by atoms with Crippen LogP contribution in [0.15, 0.2) is 78.9 Å². The second-order valence-corrected chi connectivity index (χ2v) is 5.89. The number of rotatable bonds is 5. The summed E-state index contributed by atoms with van der Waals surface area (Å²) in [6.07, 6.45) is 1.80. The molecule has 3 rings (SSSR count). The third kappa shape index (κ3) is 3.57. The molecule has 0 fully saturated rings. The van der Waals surface area contributed by atoms with Crippen LogP contribution in [0.4, 0.5) is 0 Å². The van der Waals surface area contributed by atoms with E-state index in [0.717, 1.165) is 29.4 Å². The van der Waals surface area contributed by atoms with Crippen LogP contribution in [0, 0.1) is 6.92 Å². The van der Waals surface area contributed by atoms with E-state index in [2.05, 4.69) is 55.5 Å². The minimum atomic E-state index is -0.130. The summed E-state index contributed by atoms with van der Waals surface area (Å²) < 4.78 is 0. The molecule has 0 radical (unpaired) electrons. The molecule has 0 spiro atoms. The maximum Gasteiger partial charge on any atom is 0.127 e. The number of carbonyl (C=O) groups is 1. The lowest BCUT2D eigenvalue weighted by atomic mass is 9.87. The highest BCUT2D eigenvalue weighted by Gasteiger charge is 2.16. The minimum absolute atomic E-state index is 0.130. The molecule has 1 unspecified atom stereocenters. The summed E-state index contributed by atoms with van der Waals surface area (Å²) in [6, 6.07) is 26.9. The Labute approximate surface area is 137 Å². The van der Waals surface area contributed by atoms with Gasteiger partial charge in [0.05, 0.1) is 0 Å². The molecular weight excluding hydrogens is 280 g/mol. The van der Waals surface area contributed by atoms with Gasteiger partial charge in [-0.15, -0.1) is 0 Å². The highest BCUT2D eigenvalue weighted by Crippen LogP contribution is 2.30. The Morgan fingerprint density at radius 2 is 1.48 bits per heavy atom. The molecule has 0 aliphatic carbocycles. The fourth-order valence-corrected chi connectivity index (χ4v) is 2.92. The van der Waals surface area contributed by atoms with Crippen LogP contribution in [0.5, 0.6) is 0 Å². The van der Waals surface area contributed by atoms with Crippen LogP contribution >= 0.6 is 0 Å². The Morgan fingerprint density at radius 1 is 0.826 bits per heavy atom. The van der Waals surface area contributed by atoms with Gasteiger partial charge >= 0.3 is 0 Å². The summed E-state index contributed by atoms with van der Waals surface area (Å²) in [7, 11) is 0. The summed E-state index contributed by atoms with van der Waals surface area (Å²) >= 11 is 0. The van der Waals surface area contributed by atoms with E-state index in [4.69, 9.17) is 0 Å². The zero-order valence-corrected chi connectivity index (χ0v) is 13.3.